The van der Waals surface area contributed by atoms with E-state index in [1.165, 1.54) is 13.1 Å². The number of nitrogens with zero attached hydrogens (tertiary/aromatic N) is 1. The molecule has 0 radical (unpaired) electrons. The molecule has 2 aromatic carbocycles. The van der Waals surface area contributed by atoms with Gasteiger partial charge in [-0.25, -0.2) is 8.42 Å². The van der Waals surface area contributed by atoms with E-state index in [4.69, 9.17) is 11.6 Å². The van der Waals surface area contributed by atoms with Gasteiger partial charge in [0.2, 0.25) is 0 Å². The van der Waals surface area contributed by atoms with Crippen molar-refractivity contribution < 1.29 is 13.2 Å². The Labute approximate surface area is 166 Å². The number of nitrogens with one attached hydrogen (secondary N) is 1. The third-order valence-electron chi connectivity index (χ3n) is 4.34. The van der Waals surface area contributed by atoms with Gasteiger partial charge in [-0.15, -0.1) is 0 Å². The summed E-state index contributed by atoms with van der Waals surface area (Å²) in [4.78, 5) is 12.6. The Morgan fingerprint density at radius 1 is 1.19 bits per heavy atom. The van der Waals surface area contributed by atoms with E-state index in [1.54, 1.807) is 36.4 Å². The lowest BCUT2D eigenvalue weighted by Gasteiger charge is -2.21. The molecule has 0 bridgehead atoms. The summed E-state index contributed by atoms with van der Waals surface area (Å²) in [6.45, 7) is 5.88. The lowest BCUT2D eigenvalue weighted by atomic mass is 10.1. The minimum absolute atomic E-state index is 0.0443. The average molecular weight is 409 g/mol. The summed E-state index contributed by atoms with van der Waals surface area (Å²) >= 11 is 6.26. The van der Waals surface area contributed by atoms with Crippen LogP contribution >= 0.6 is 11.6 Å². The van der Waals surface area contributed by atoms with Crippen LogP contribution in [0.3, 0.4) is 0 Å². The molecule has 0 fully saturated rings. The number of hydrogen-bond acceptors (Lipinski definition) is 3. The van der Waals surface area contributed by atoms with Gasteiger partial charge in [0, 0.05) is 13.1 Å². The van der Waals surface area contributed by atoms with Crippen LogP contribution in [0.1, 0.15) is 42.6 Å². The molecule has 0 aromatic heterocycles. The van der Waals surface area contributed by atoms with Crippen molar-refractivity contribution in [3.63, 3.8) is 0 Å². The SMILES string of the molecule is CCCC(C)NC(=O)c1ccc(N(C)S(=O)(=O)c2ccc(C)cc2)cc1Cl. The van der Waals surface area contributed by atoms with Gasteiger partial charge in [0.15, 0.2) is 0 Å². The lowest BCUT2D eigenvalue weighted by molar-refractivity contribution is 0.0938. The predicted molar refractivity (Wildman–Crippen MR) is 110 cm³/mol. The number of halogens is 1. The van der Waals surface area contributed by atoms with E-state index in [9.17, 15) is 13.2 Å². The summed E-state index contributed by atoms with van der Waals surface area (Å²) in [5.41, 5.74) is 1.69. The Hall–Kier alpha value is -2.05. The van der Waals surface area contributed by atoms with E-state index < -0.39 is 10.0 Å². The van der Waals surface area contributed by atoms with Gasteiger partial charge in [-0.3, -0.25) is 9.10 Å². The van der Waals surface area contributed by atoms with Crippen molar-refractivity contribution in [1.29, 1.82) is 0 Å². The minimum Gasteiger partial charge on any atom is -0.350 e. The van der Waals surface area contributed by atoms with Gasteiger partial charge in [0.25, 0.3) is 15.9 Å². The van der Waals surface area contributed by atoms with Gasteiger partial charge in [0.1, 0.15) is 0 Å². The molecule has 0 spiro atoms. The molecule has 0 saturated heterocycles. The maximum Gasteiger partial charge on any atom is 0.264 e. The van der Waals surface area contributed by atoms with E-state index in [1.807, 2.05) is 13.8 Å². The number of hydrogen-bond donors (Lipinski definition) is 1. The first-order valence-corrected chi connectivity index (χ1v) is 10.6. The van der Waals surface area contributed by atoms with Crippen molar-refractivity contribution in [3.8, 4) is 0 Å². The number of amides is 1. The summed E-state index contributed by atoms with van der Waals surface area (Å²) in [5.74, 6) is -0.267. The largest absolute Gasteiger partial charge is 0.350 e. The maximum absolute atomic E-state index is 12.8. The Balaban J connectivity index is 2.25. The first-order chi connectivity index (χ1) is 12.7. The van der Waals surface area contributed by atoms with Crippen LogP contribution in [0.25, 0.3) is 0 Å². The molecule has 27 heavy (non-hydrogen) atoms. The molecule has 1 N–H and O–H groups in total. The summed E-state index contributed by atoms with van der Waals surface area (Å²) in [6.07, 6.45) is 1.84. The van der Waals surface area contributed by atoms with Crippen molar-refractivity contribution in [1.82, 2.24) is 5.32 Å². The average Bonchev–Trinajstić information content (AvgIpc) is 2.61. The molecule has 146 valence electrons. The van der Waals surface area contributed by atoms with Crippen molar-refractivity contribution in [2.45, 2.75) is 44.6 Å². The summed E-state index contributed by atoms with van der Waals surface area (Å²) in [5, 5.41) is 3.10. The molecule has 1 atom stereocenters. The summed E-state index contributed by atoms with van der Waals surface area (Å²) in [7, 11) is -2.25. The zero-order valence-corrected chi connectivity index (χ0v) is 17.6. The van der Waals surface area contributed by atoms with Crippen LogP contribution in [0, 0.1) is 6.92 Å². The third kappa shape index (κ3) is 5.02. The zero-order chi connectivity index (χ0) is 20.2. The highest BCUT2D eigenvalue weighted by Gasteiger charge is 2.22. The second-order valence-corrected chi connectivity index (χ2v) is 8.99. The monoisotopic (exact) mass is 408 g/mol. The highest BCUT2D eigenvalue weighted by atomic mass is 35.5. The smallest absolute Gasteiger partial charge is 0.264 e. The maximum atomic E-state index is 12.8. The molecule has 0 aliphatic carbocycles. The van der Waals surface area contributed by atoms with Crippen LogP contribution in [0.15, 0.2) is 47.4 Å². The van der Waals surface area contributed by atoms with Gasteiger partial charge in [-0.1, -0.05) is 42.6 Å². The van der Waals surface area contributed by atoms with E-state index in [0.717, 1.165) is 22.7 Å². The topological polar surface area (TPSA) is 66.5 Å². The fourth-order valence-corrected chi connectivity index (χ4v) is 4.15. The Bertz CT molecular complexity index is 911. The van der Waals surface area contributed by atoms with Gasteiger partial charge >= 0.3 is 0 Å². The quantitative estimate of drug-likeness (QED) is 0.738. The molecule has 7 heteroatoms. The molecular weight excluding hydrogens is 384 g/mol. The molecule has 2 rings (SSSR count). The zero-order valence-electron chi connectivity index (χ0n) is 16.0. The van der Waals surface area contributed by atoms with Crippen molar-refractivity contribution in [3.05, 3.63) is 58.6 Å². The van der Waals surface area contributed by atoms with Crippen LogP contribution in [-0.4, -0.2) is 27.4 Å². The van der Waals surface area contributed by atoms with E-state index in [0.29, 0.717) is 11.3 Å². The van der Waals surface area contributed by atoms with E-state index >= 15 is 0 Å². The standard InChI is InChI=1S/C20H25ClN2O3S/c1-5-6-15(3)22-20(24)18-12-9-16(13-19(18)21)23(4)27(25,26)17-10-7-14(2)8-11-17/h7-13,15H,5-6H2,1-4H3,(H,22,24). The molecule has 0 heterocycles. The number of anilines is 1. The van der Waals surface area contributed by atoms with Crippen LogP contribution in [0.2, 0.25) is 5.02 Å². The molecule has 2 aromatic rings. The molecule has 1 amide bonds. The van der Waals surface area contributed by atoms with Crippen molar-refractivity contribution in [2.24, 2.45) is 0 Å². The Morgan fingerprint density at radius 3 is 2.37 bits per heavy atom. The van der Waals surface area contributed by atoms with Crippen LogP contribution in [-0.2, 0) is 10.0 Å². The van der Waals surface area contributed by atoms with E-state index in [2.05, 4.69) is 12.2 Å². The van der Waals surface area contributed by atoms with Gasteiger partial charge in [-0.05, 0) is 50.6 Å². The second kappa shape index (κ2) is 8.76. The van der Waals surface area contributed by atoms with Gasteiger partial charge in [0.05, 0.1) is 21.2 Å². The van der Waals surface area contributed by atoms with Crippen LogP contribution < -0.4 is 9.62 Å². The second-order valence-electron chi connectivity index (χ2n) is 6.61. The number of carbonyl (C=O) groups excluding carboxylic acids is 1. The molecule has 1 unspecified atom stereocenters. The highest BCUT2D eigenvalue weighted by molar-refractivity contribution is 7.92. The lowest BCUT2D eigenvalue weighted by Crippen LogP contribution is -2.32. The molecule has 0 aliphatic rings. The Kier molecular flexibility index (Phi) is 6.89. The van der Waals surface area contributed by atoms with Crippen molar-refractivity contribution in [2.75, 3.05) is 11.4 Å². The predicted octanol–water partition coefficient (Wildman–Crippen LogP) is 4.39. The number of aryl methyl sites for hydroxylation is 1. The number of benzene rings is 2. The van der Waals surface area contributed by atoms with Crippen LogP contribution in [0.4, 0.5) is 5.69 Å². The first-order valence-electron chi connectivity index (χ1n) is 8.82. The minimum atomic E-state index is -3.71. The fourth-order valence-electron chi connectivity index (χ4n) is 2.70. The summed E-state index contributed by atoms with van der Waals surface area (Å²) < 4.78 is 26.7. The fraction of sp³-hybridized carbons (Fsp3) is 0.350. The van der Waals surface area contributed by atoms with Crippen LogP contribution in [0.5, 0.6) is 0 Å². The van der Waals surface area contributed by atoms with E-state index in [-0.39, 0.29) is 21.9 Å². The Morgan fingerprint density at radius 2 is 1.81 bits per heavy atom. The number of carbonyl (C=O) groups is 1. The number of sulfonamides is 1. The molecule has 0 saturated carbocycles. The number of rotatable bonds is 7. The van der Waals surface area contributed by atoms with Crippen molar-refractivity contribution >= 4 is 33.2 Å². The van der Waals surface area contributed by atoms with Gasteiger partial charge in [-0.2, -0.15) is 0 Å². The van der Waals surface area contributed by atoms with Gasteiger partial charge < -0.3 is 5.32 Å². The molecule has 0 aliphatic heterocycles. The molecule has 5 nitrogen and oxygen atoms in total. The molecular formula is C20H25ClN2O3S. The summed E-state index contributed by atoms with van der Waals surface area (Å²) in [6, 6.07) is 11.3. The normalized spacial score (nSPS) is 12.5. The third-order valence-corrected chi connectivity index (χ3v) is 6.45. The highest BCUT2D eigenvalue weighted by Crippen LogP contribution is 2.27. The first kappa shape index (κ1) is 21.3.